The zero-order valence-corrected chi connectivity index (χ0v) is 21.4. The Morgan fingerprint density at radius 1 is 0.684 bits per heavy atom. The number of fused-ring (bicyclic) bond motifs is 1. The van der Waals surface area contributed by atoms with Gasteiger partial charge in [0.05, 0.1) is 27.7 Å². The minimum atomic E-state index is -1.29. The normalized spacial score (nSPS) is 25.8. The molecule has 2 heterocycles. The van der Waals surface area contributed by atoms with E-state index in [4.69, 9.17) is 0 Å². The molecule has 2 atom stereocenters. The third-order valence-corrected chi connectivity index (χ3v) is 8.10. The van der Waals surface area contributed by atoms with Crippen LogP contribution in [0.15, 0.2) is 83.0 Å². The number of nitro benzene ring substituents is 1. The minimum Gasteiger partial charge on any atom is -0.271 e. The van der Waals surface area contributed by atoms with E-state index in [-0.39, 0.29) is 17.5 Å². The molecule has 1 fully saturated rings. The van der Waals surface area contributed by atoms with E-state index in [9.17, 15) is 19.7 Å². The molecule has 9 heteroatoms. The molecular formula is C29H25N5O4. The molecule has 9 nitrogen and oxygen atoms in total. The Morgan fingerprint density at radius 3 is 1.45 bits per heavy atom. The minimum absolute atomic E-state index is 0.0636. The summed E-state index contributed by atoms with van der Waals surface area (Å²) in [6.45, 7) is 7.47. The molecule has 3 aromatic carbocycles. The van der Waals surface area contributed by atoms with Crippen molar-refractivity contribution in [2.45, 2.75) is 33.6 Å². The maximum absolute atomic E-state index is 14.4. The maximum atomic E-state index is 14.4. The second kappa shape index (κ2) is 7.92. The lowest BCUT2D eigenvalue weighted by Crippen LogP contribution is -2.40. The SMILES string of the molecule is CC1=NN(c2ccc(C)cc2)C(=O)[C@]12C(c1ccc([N+](=O)[O-])cc1)[C@]21C(=O)N(c2ccc(C)cc2)N=C1C. The Bertz CT molecular complexity index is 1490. The summed E-state index contributed by atoms with van der Waals surface area (Å²) in [5.74, 6) is -1.24. The molecule has 0 saturated heterocycles. The van der Waals surface area contributed by atoms with Gasteiger partial charge < -0.3 is 0 Å². The lowest BCUT2D eigenvalue weighted by molar-refractivity contribution is -0.384. The van der Waals surface area contributed by atoms with Crippen molar-refractivity contribution in [1.29, 1.82) is 0 Å². The molecule has 6 rings (SSSR count). The summed E-state index contributed by atoms with van der Waals surface area (Å²) in [6.07, 6.45) is 0. The number of nitro groups is 1. The first kappa shape index (κ1) is 23.7. The second-order valence-electron chi connectivity index (χ2n) is 10.2. The van der Waals surface area contributed by atoms with E-state index < -0.39 is 21.7 Å². The number of hydrazone groups is 2. The van der Waals surface area contributed by atoms with Crippen molar-refractivity contribution in [1.82, 2.24) is 0 Å². The fourth-order valence-corrected chi connectivity index (χ4v) is 6.25. The van der Waals surface area contributed by atoms with Crippen LogP contribution >= 0.6 is 0 Å². The molecule has 0 N–H and O–H groups in total. The molecule has 0 unspecified atom stereocenters. The molecule has 3 aliphatic rings. The molecule has 0 aromatic heterocycles. The summed E-state index contributed by atoms with van der Waals surface area (Å²) < 4.78 is 0. The molecule has 190 valence electrons. The summed E-state index contributed by atoms with van der Waals surface area (Å²) >= 11 is 0. The van der Waals surface area contributed by atoms with Crippen LogP contribution in [0.2, 0.25) is 0 Å². The second-order valence-corrected chi connectivity index (χ2v) is 10.2. The highest BCUT2D eigenvalue weighted by molar-refractivity contribution is 6.37. The van der Waals surface area contributed by atoms with E-state index in [0.29, 0.717) is 28.4 Å². The van der Waals surface area contributed by atoms with Crippen LogP contribution < -0.4 is 10.0 Å². The highest BCUT2D eigenvalue weighted by Gasteiger charge is 2.91. The average Bonchev–Trinajstić information content (AvgIpc) is 3.39. The Balaban J connectivity index is 1.51. The Hall–Kier alpha value is -4.66. The molecule has 38 heavy (non-hydrogen) atoms. The average molecular weight is 508 g/mol. The van der Waals surface area contributed by atoms with Gasteiger partial charge in [-0.2, -0.15) is 20.2 Å². The summed E-state index contributed by atoms with van der Waals surface area (Å²) in [4.78, 5) is 39.6. The Kier molecular flexibility index (Phi) is 4.94. The van der Waals surface area contributed by atoms with Crippen molar-refractivity contribution in [2.24, 2.45) is 21.0 Å². The standard InChI is InChI=1S/C29H25N5O4/c1-17-5-11-22(12-6-17)32-26(35)28(19(3)30-32)25(21-9-15-24(16-10-21)34(37)38)29(28)20(4)31-33(27(29)36)23-13-7-18(2)8-14-23/h5-16,25H,1-4H3/t28-,29-/m1/s1. The van der Waals surface area contributed by atoms with E-state index in [1.165, 1.54) is 22.2 Å². The zero-order valence-electron chi connectivity index (χ0n) is 21.4. The van der Waals surface area contributed by atoms with Crippen molar-refractivity contribution in [3.63, 3.8) is 0 Å². The van der Waals surface area contributed by atoms with Gasteiger partial charge in [0.1, 0.15) is 10.8 Å². The fraction of sp³-hybridized carbons (Fsp3) is 0.241. The molecule has 2 aliphatic heterocycles. The highest BCUT2D eigenvalue weighted by Crippen LogP contribution is 2.79. The summed E-state index contributed by atoms with van der Waals surface area (Å²) in [5, 5.41) is 23.4. The van der Waals surface area contributed by atoms with Gasteiger partial charge in [0.15, 0.2) is 0 Å². The van der Waals surface area contributed by atoms with Crippen LogP contribution in [0.3, 0.4) is 0 Å². The van der Waals surface area contributed by atoms with Crippen LogP contribution in [0.25, 0.3) is 0 Å². The van der Waals surface area contributed by atoms with E-state index in [0.717, 1.165) is 11.1 Å². The molecule has 2 amide bonds. The number of hydrogen-bond acceptors (Lipinski definition) is 6. The number of aryl methyl sites for hydroxylation is 2. The van der Waals surface area contributed by atoms with Crippen molar-refractivity contribution < 1.29 is 14.5 Å². The van der Waals surface area contributed by atoms with Gasteiger partial charge in [-0.05, 0) is 57.5 Å². The Morgan fingerprint density at radius 2 is 1.08 bits per heavy atom. The van der Waals surface area contributed by atoms with Crippen molar-refractivity contribution in [3.8, 4) is 0 Å². The monoisotopic (exact) mass is 507 g/mol. The first-order valence-corrected chi connectivity index (χ1v) is 12.3. The van der Waals surface area contributed by atoms with Gasteiger partial charge in [-0.15, -0.1) is 0 Å². The van der Waals surface area contributed by atoms with Crippen molar-refractivity contribution in [2.75, 3.05) is 10.0 Å². The lowest BCUT2D eigenvalue weighted by Gasteiger charge is -2.19. The third kappa shape index (κ3) is 2.87. The topological polar surface area (TPSA) is 108 Å². The van der Waals surface area contributed by atoms with Crippen LogP contribution in [-0.4, -0.2) is 28.2 Å². The number of nitrogens with zero attached hydrogens (tertiary/aromatic N) is 5. The van der Waals surface area contributed by atoms with Gasteiger partial charge in [-0.3, -0.25) is 19.7 Å². The van der Waals surface area contributed by atoms with Crippen LogP contribution in [0.5, 0.6) is 0 Å². The summed E-state index contributed by atoms with van der Waals surface area (Å²) in [7, 11) is 0. The van der Waals surface area contributed by atoms with Gasteiger partial charge in [-0.1, -0.05) is 47.5 Å². The first-order valence-electron chi connectivity index (χ1n) is 12.3. The lowest BCUT2D eigenvalue weighted by atomic mass is 9.85. The quantitative estimate of drug-likeness (QED) is 0.360. The van der Waals surface area contributed by atoms with E-state index in [2.05, 4.69) is 10.2 Å². The van der Waals surface area contributed by atoms with Crippen LogP contribution in [0, 0.1) is 34.8 Å². The number of carbonyl (C=O) groups is 2. The zero-order chi connectivity index (χ0) is 27.0. The number of benzene rings is 3. The van der Waals surface area contributed by atoms with Gasteiger partial charge in [0.25, 0.3) is 17.5 Å². The smallest absolute Gasteiger partial charge is 0.269 e. The fourth-order valence-electron chi connectivity index (χ4n) is 6.25. The van der Waals surface area contributed by atoms with Gasteiger partial charge in [0.2, 0.25) is 0 Å². The predicted octanol–water partition coefficient (Wildman–Crippen LogP) is 5.13. The van der Waals surface area contributed by atoms with Gasteiger partial charge in [0, 0.05) is 18.1 Å². The third-order valence-electron chi connectivity index (χ3n) is 8.10. The van der Waals surface area contributed by atoms with Crippen LogP contribution in [0.1, 0.15) is 36.5 Å². The predicted molar refractivity (Wildman–Crippen MR) is 144 cm³/mol. The van der Waals surface area contributed by atoms with E-state index in [1.807, 2.05) is 62.4 Å². The molecule has 1 aliphatic carbocycles. The largest absolute Gasteiger partial charge is 0.271 e. The number of rotatable bonds is 4. The van der Waals surface area contributed by atoms with E-state index in [1.54, 1.807) is 26.0 Å². The van der Waals surface area contributed by atoms with Crippen molar-refractivity contribution >= 4 is 40.3 Å². The maximum Gasteiger partial charge on any atom is 0.269 e. The number of amides is 2. The number of non-ortho nitro benzene ring substituents is 1. The van der Waals surface area contributed by atoms with Crippen LogP contribution in [-0.2, 0) is 9.59 Å². The molecule has 3 aromatic rings. The molecule has 0 radical (unpaired) electrons. The molecule has 1 saturated carbocycles. The number of hydrogen-bond donors (Lipinski definition) is 0. The molecular weight excluding hydrogens is 482 g/mol. The highest BCUT2D eigenvalue weighted by atomic mass is 16.6. The molecule has 2 spiro atoms. The van der Waals surface area contributed by atoms with E-state index >= 15 is 0 Å². The summed E-state index contributed by atoms with van der Waals surface area (Å²) in [6, 6.07) is 21.0. The summed E-state index contributed by atoms with van der Waals surface area (Å²) in [5.41, 5.74) is 2.34. The Labute approximate surface area is 219 Å². The van der Waals surface area contributed by atoms with Gasteiger partial charge in [-0.25, -0.2) is 0 Å². The van der Waals surface area contributed by atoms with Gasteiger partial charge >= 0.3 is 0 Å². The molecule has 0 bridgehead atoms. The van der Waals surface area contributed by atoms with Crippen molar-refractivity contribution in [3.05, 3.63) is 99.6 Å². The first-order chi connectivity index (χ1) is 18.1. The number of carbonyl (C=O) groups excluding carboxylic acids is 2. The number of anilines is 2. The van der Waals surface area contributed by atoms with Crippen LogP contribution in [0.4, 0.5) is 17.1 Å².